The predicted octanol–water partition coefficient (Wildman–Crippen LogP) is 3.25. The summed E-state index contributed by atoms with van der Waals surface area (Å²) in [6.07, 6.45) is -7.36. The number of carbonyl (C=O) groups excluding carboxylic acids is 3. The van der Waals surface area contributed by atoms with Crippen molar-refractivity contribution < 1.29 is 36.7 Å². The third-order valence-corrected chi connectivity index (χ3v) is 6.85. The predicted molar refractivity (Wildman–Crippen MR) is 134 cm³/mol. The van der Waals surface area contributed by atoms with E-state index >= 15 is 4.39 Å². The number of nitrogens with one attached hydrogen (secondary N) is 2. The molecule has 3 rings (SSSR count). The largest absolute Gasteiger partial charge is 0.471 e. The maximum Gasteiger partial charge on any atom is 0.471 e. The molecule has 16 heteroatoms. The SMILES string of the molecule is CC(=O)NCC1CN(c2ccc(N3CCN(C(NC(=O)C(F)(F)F)C(Br)(Br)Br)CC3)c(F)c2)C(=O)O1. The highest BCUT2D eigenvalue weighted by Gasteiger charge is 2.45. The van der Waals surface area contributed by atoms with Gasteiger partial charge in [-0.05, 0) is 18.2 Å². The van der Waals surface area contributed by atoms with Crippen LogP contribution in [0.4, 0.5) is 33.7 Å². The number of piperazine rings is 1. The molecule has 1 aromatic carbocycles. The van der Waals surface area contributed by atoms with Crippen LogP contribution in [-0.4, -0.2) is 82.7 Å². The van der Waals surface area contributed by atoms with E-state index in [1.54, 1.807) is 15.9 Å². The Morgan fingerprint density at radius 3 is 2.33 bits per heavy atom. The molecule has 1 aromatic rings. The van der Waals surface area contributed by atoms with Crippen LogP contribution < -0.4 is 20.4 Å². The van der Waals surface area contributed by atoms with Crippen LogP contribution in [0.2, 0.25) is 0 Å². The van der Waals surface area contributed by atoms with E-state index in [1.807, 2.05) is 5.32 Å². The number of carbonyl (C=O) groups is 3. The van der Waals surface area contributed by atoms with Crippen molar-refractivity contribution >= 4 is 77.1 Å². The zero-order valence-corrected chi connectivity index (χ0v) is 23.5. The standard InChI is InChI=1S/C20H22Br3F4N5O4/c1-11(33)28-9-13-10-32(18(35)36-13)12-2-3-15(14(24)8-12)30-4-6-31(7-5-30)16(19(21,22)23)29-17(34)20(25,26)27/h2-3,8,13,16H,4-7,9-10H2,1H3,(H,28,33)(H,29,34). The molecule has 0 aliphatic carbocycles. The number of hydrogen-bond acceptors (Lipinski definition) is 6. The van der Waals surface area contributed by atoms with Crippen molar-refractivity contribution in [3.8, 4) is 0 Å². The maximum atomic E-state index is 15.0. The molecule has 200 valence electrons. The number of anilines is 2. The third kappa shape index (κ3) is 7.22. The quantitative estimate of drug-likeness (QED) is 0.348. The second-order valence-electron chi connectivity index (χ2n) is 8.13. The summed E-state index contributed by atoms with van der Waals surface area (Å²) >= 11 is 9.56. The average Bonchev–Trinajstić information content (AvgIpc) is 3.15. The molecule has 2 aliphatic heterocycles. The summed E-state index contributed by atoms with van der Waals surface area (Å²) in [7, 11) is 0. The molecule has 9 nitrogen and oxygen atoms in total. The number of ether oxygens (including phenoxy) is 1. The van der Waals surface area contributed by atoms with Gasteiger partial charge >= 0.3 is 18.2 Å². The number of rotatable bonds is 6. The molecule has 2 aliphatic rings. The minimum Gasteiger partial charge on any atom is -0.442 e. The van der Waals surface area contributed by atoms with Gasteiger partial charge in [-0.25, -0.2) is 9.18 Å². The van der Waals surface area contributed by atoms with Crippen LogP contribution in [-0.2, 0) is 14.3 Å². The average molecular weight is 712 g/mol. The lowest BCUT2D eigenvalue weighted by Gasteiger charge is -2.43. The molecule has 3 amide bonds. The molecule has 2 atom stereocenters. The summed E-state index contributed by atoms with van der Waals surface area (Å²) < 4.78 is 57.3. The molecule has 0 radical (unpaired) electrons. The molecule has 2 heterocycles. The second kappa shape index (κ2) is 11.4. The van der Waals surface area contributed by atoms with Gasteiger partial charge in [0.25, 0.3) is 0 Å². The minimum atomic E-state index is -5.05. The first-order valence-corrected chi connectivity index (χ1v) is 13.0. The number of benzene rings is 1. The molecule has 0 bridgehead atoms. The van der Waals surface area contributed by atoms with E-state index < -0.39 is 38.4 Å². The van der Waals surface area contributed by atoms with E-state index in [0.29, 0.717) is 5.69 Å². The minimum absolute atomic E-state index is 0.144. The molecule has 2 fully saturated rings. The van der Waals surface area contributed by atoms with Gasteiger partial charge in [0.05, 0.1) is 24.5 Å². The first kappa shape index (κ1) is 28.9. The first-order valence-electron chi connectivity index (χ1n) is 10.6. The van der Waals surface area contributed by atoms with Crippen molar-refractivity contribution in [1.29, 1.82) is 0 Å². The van der Waals surface area contributed by atoms with E-state index in [9.17, 15) is 27.6 Å². The van der Waals surface area contributed by atoms with Crippen molar-refractivity contribution in [2.24, 2.45) is 0 Å². The lowest BCUT2D eigenvalue weighted by atomic mass is 10.2. The molecule has 0 spiro atoms. The van der Waals surface area contributed by atoms with Gasteiger partial charge in [0.1, 0.15) is 18.1 Å². The highest BCUT2D eigenvalue weighted by Crippen LogP contribution is 2.39. The fourth-order valence-electron chi connectivity index (χ4n) is 3.82. The van der Waals surface area contributed by atoms with E-state index in [2.05, 4.69) is 53.1 Å². The Labute approximate surface area is 229 Å². The van der Waals surface area contributed by atoms with Gasteiger partial charge in [0.15, 0.2) is 2.14 Å². The van der Waals surface area contributed by atoms with Gasteiger partial charge in [0.2, 0.25) is 5.91 Å². The van der Waals surface area contributed by atoms with Gasteiger partial charge < -0.3 is 20.3 Å². The molecular formula is C20H22Br3F4N5O4. The van der Waals surface area contributed by atoms with Gasteiger partial charge in [-0.2, -0.15) is 13.2 Å². The van der Waals surface area contributed by atoms with Crippen molar-refractivity contribution in [2.75, 3.05) is 49.1 Å². The summed E-state index contributed by atoms with van der Waals surface area (Å²) in [5.74, 6) is -2.93. The Bertz CT molecular complexity index is 1000. The normalized spacial score (nSPS) is 20.2. The van der Waals surface area contributed by atoms with Crippen molar-refractivity contribution in [1.82, 2.24) is 15.5 Å². The van der Waals surface area contributed by atoms with Crippen molar-refractivity contribution in [2.45, 2.75) is 27.5 Å². The summed E-state index contributed by atoms with van der Waals surface area (Å²) in [6.45, 7) is 2.61. The van der Waals surface area contributed by atoms with Crippen LogP contribution in [0.5, 0.6) is 0 Å². The van der Waals surface area contributed by atoms with E-state index in [4.69, 9.17) is 4.74 Å². The van der Waals surface area contributed by atoms with Crippen LogP contribution in [0.1, 0.15) is 6.92 Å². The van der Waals surface area contributed by atoms with Gasteiger partial charge in [-0.1, -0.05) is 47.8 Å². The molecular weight excluding hydrogens is 690 g/mol. The Balaban J connectivity index is 1.64. The number of nitrogens with zero attached hydrogens (tertiary/aromatic N) is 3. The summed E-state index contributed by atoms with van der Waals surface area (Å²) in [5, 5.41) is 4.52. The Morgan fingerprint density at radius 2 is 1.81 bits per heavy atom. The molecule has 0 aromatic heterocycles. The van der Waals surface area contributed by atoms with Crippen LogP contribution in [0.3, 0.4) is 0 Å². The zero-order valence-electron chi connectivity index (χ0n) is 18.7. The maximum absolute atomic E-state index is 15.0. The molecule has 2 N–H and O–H groups in total. The molecule has 0 saturated carbocycles. The topological polar surface area (TPSA) is 94.2 Å². The number of alkyl halides is 6. The fraction of sp³-hybridized carbons (Fsp3) is 0.550. The van der Waals surface area contributed by atoms with Crippen LogP contribution >= 0.6 is 47.8 Å². The Hall–Kier alpha value is -1.65. The zero-order chi connectivity index (χ0) is 26.8. The van der Waals surface area contributed by atoms with Crippen LogP contribution in [0.15, 0.2) is 18.2 Å². The number of hydrogen-bond donors (Lipinski definition) is 2. The number of halogens is 7. The lowest BCUT2D eigenvalue weighted by molar-refractivity contribution is -0.175. The molecule has 36 heavy (non-hydrogen) atoms. The molecule has 2 saturated heterocycles. The van der Waals surface area contributed by atoms with E-state index in [0.717, 1.165) is 0 Å². The molecule has 2 unspecified atom stereocenters. The third-order valence-electron chi connectivity index (χ3n) is 5.55. The second-order valence-corrected chi connectivity index (χ2v) is 15.1. The highest BCUT2D eigenvalue weighted by molar-refractivity contribution is 9.39. The van der Waals surface area contributed by atoms with Gasteiger partial charge in [-0.15, -0.1) is 0 Å². The number of amides is 3. The summed E-state index contributed by atoms with van der Waals surface area (Å²) in [5.41, 5.74) is 0.558. The fourth-order valence-corrected chi connectivity index (χ4v) is 5.04. The van der Waals surface area contributed by atoms with Crippen LogP contribution in [0, 0.1) is 5.82 Å². The monoisotopic (exact) mass is 709 g/mol. The van der Waals surface area contributed by atoms with E-state index in [1.165, 1.54) is 24.0 Å². The van der Waals surface area contributed by atoms with Gasteiger partial charge in [0, 0.05) is 33.1 Å². The van der Waals surface area contributed by atoms with Gasteiger partial charge in [-0.3, -0.25) is 19.4 Å². The first-order chi connectivity index (χ1) is 16.7. The highest BCUT2D eigenvalue weighted by atomic mass is 80.0. The Kier molecular flexibility index (Phi) is 9.15. The van der Waals surface area contributed by atoms with Crippen molar-refractivity contribution in [3.05, 3.63) is 24.0 Å². The lowest BCUT2D eigenvalue weighted by Crippen LogP contribution is -2.61. The van der Waals surface area contributed by atoms with Crippen LogP contribution in [0.25, 0.3) is 0 Å². The van der Waals surface area contributed by atoms with E-state index in [-0.39, 0.29) is 50.9 Å². The summed E-state index contributed by atoms with van der Waals surface area (Å²) in [4.78, 5) is 39.4. The Morgan fingerprint density at radius 1 is 1.17 bits per heavy atom. The summed E-state index contributed by atoms with van der Waals surface area (Å²) in [6, 6.07) is 4.29. The van der Waals surface area contributed by atoms with Crippen molar-refractivity contribution in [3.63, 3.8) is 0 Å². The number of cyclic esters (lactones) is 1. The smallest absolute Gasteiger partial charge is 0.442 e.